The van der Waals surface area contributed by atoms with E-state index < -0.39 is 0 Å². The van der Waals surface area contributed by atoms with Gasteiger partial charge >= 0.3 is 0 Å². The third kappa shape index (κ3) is 6.18. The number of ether oxygens (including phenoxy) is 2. The van der Waals surface area contributed by atoms with Crippen LogP contribution in [0, 0.1) is 0 Å². The molecule has 0 unspecified atom stereocenters. The van der Waals surface area contributed by atoms with E-state index in [2.05, 4.69) is 18.3 Å². The minimum Gasteiger partial charge on any atom is -0.490 e. The SMILES string of the molecule is CCCCCCCNc1ccc(OCC)c(OCC)c1. The number of benzene rings is 1. The minimum absolute atomic E-state index is 0.653. The summed E-state index contributed by atoms with van der Waals surface area (Å²) in [6.45, 7) is 8.54. The summed E-state index contributed by atoms with van der Waals surface area (Å²) in [7, 11) is 0. The van der Waals surface area contributed by atoms with Gasteiger partial charge in [-0.15, -0.1) is 0 Å². The second-order valence-corrected chi connectivity index (χ2v) is 4.87. The summed E-state index contributed by atoms with van der Waals surface area (Å²) in [4.78, 5) is 0. The van der Waals surface area contributed by atoms with E-state index >= 15 is 0 Å². The Labute approximate surface area is 123 Å². The van der Waals surface area contributed by atoms with Crippen molar-refractivity contribution >= 4 is 5.69 Å². The van der Waals surface area contributed by atoms with Crippen LogP contribution in [0.2, 0.25) is 0 Å². The predicted octanol–water partition coefficient (Wildman–Crippen LogP) is 4.87. The van der Waals surface area contributed by atoms with Crippen LogP contribution in [0.15, 0.2) is 18.2 Å². The van der Waals surface area contributed by atoms with Crippen molar-refractivity contribution in [3.05, 3.63) is 18.2 Å². The summed E-state index contributed by atoms with van der Waals surface area (Å²) in [6.07, 6.45) is 6.50. The molecule has 0 saturated carbocycles. The lowest BCUT2D eigenvalue weighted by molar-refractivity contribution is 0.288. The zero-order valence-corrected chi connectivity index (χ0v) is 13.2. The van der Waals surface area contributed by atoms with E-state index in [1.807, 2.05) is 26.0 Å². The van der Waals surface area contributed by atoms with E-state index in [1.165, 1.54) is 32.1 Å². The highest BCUT2D eigenvalue weighted by atomic mass is 16.5. The second-order valence-electron chi connectivity index (χ2n) is 4.87. The molecular formula is C17H29NO2. The van der Waals surface area contributed by atoms with Gasteiger partial charge in [0.15, 0.2) is 11.5 Å². The van der Waals surface area contributed by atoms with Crippen LogP contribution in [0.3, 0.4) is 0 Å². The first-order chi connectivity index (χ1) is 9.81. The van der Waals surface area contributed by atoms with Crippen molar-refractivity contribution in [1.82, 2.24) is 0 Å². The molecule has 1 N–H and O–H groups in total. The van der Waals surface area contributed by atoms with Gasteiger partial charge in [0.1, 0.15) is 0 Å². The number of unbranched alkanes of at least 4 members (excludes halogenated alkanes) is 4. The second kappa shape index (κ2) is 10.4. The highest BCUT2D eigenvalue weighted by Gasteiger charge is 2.05. The van der Waals surface area contributed by atoms with Crippen molar-refractivity contribution in [3.63, 3.8) is 0 Å². The number of anilines is 1. The molecule has 20 heavy (non-hydrogen) atoms. The van der Waals surface area contributed by atoms with Crippen molar-refractivity contribution < 1.29 is 9.47 Å². The molecule has 0 aliphatic carbocycles. The van der Waals surface area contributed by atoms with E-state index in [1.54, 1.807) is 0 Å². The van der Waals surface area contributed by atoms with Gasteiger partial charge in [-0.3, -0.25) is 0 Å². The average Bonchev–Trinajstić information content (AvgIpc) is 2.46. The van der Waals surface area contributed by atoms with Crippen molar-refractivity contribution in [2.24, 2.45) is 0 Å². The maximum atomic E-state index is 5.62. The lowest BCUT2D eigenvalue weighted by Crippen LogP contribution is -2.03. The Morgan fingerprint density at radius 2 is 1.55 bits per heavy atom. The Morgan fingerprint density at radius 3 is 2.25 bits per heavy atom. The molecule has 0 spiro atoms. The molecule has 3 nitrogen and oxygen atoms in total. The summed E-state index contributed by atoms with van der Waals surface area (Å²) < 4.78 is 11.2. The smallest absolute Gasteiger partial charge is 0.163 e. The highest BCUT2D eigenvalue weighted by molar-refractivity contribution is 5.54. The number of nitrogens with one attached hydrogen (secondary N) is 1. The minimum atomic E-state index is 0.653. The fourth-order valence-electron chi connectivity index (χ4n) is 2.12. The van der Waals surface area contributed by atoms with Crippen LogP contribution in [-0.2, 0) is 0 Å². The number of rotatable bonds is 11. The largest absolute Gasteiger partial charge is 0.490 e. The highest BCUT2D eigenvalue weighted by Crippen LogP contribution is 2.30. The Hall–Kier alpha value is -1.38. The molecule has 1 rings (SSSR count). The van der Waals surface area contributed by atoms with E-state index in [0.717, 1.165) is 23.7 Å². The molecular weight excluding hydrogens is 250 g/mol. The van der Waals surface area contributed by atoms with Crippen LogP contribution in [0.5, 0.6) is 11.5 Å². The molecule has 1 aromatic rings. The van der Waals surface area contributed by atoms with Crippen LogP contribution >= 0.6 is 0 Å². The first-order valence-electron chi connectivity index (χ1n) is 7.95. The third-order valence-corrected chi connectivity index (χ3v) is 3.15. The summed E-state index contributed by atoms with van der Waals surface area (Å²) in [5.74, 6) is 1.65. The van der Waals surface area contributed by atoms with E-state index in [4.69, 9.17) is 9.47 Å². The van der Waals surface area contributed by atoms with Gasteiger partial charge in [-0.2, -0.15) is 0 Å². The Bertz CT molecular complexity index is 366. The quantitative estimate of drug-likeness (QED) is 0.586. The third-order valence-electron chi connectivity index (χ3n) is 3.15. The molecule has 0 fully saturated rings. The fourth-order valence-corrected chi connectivity index (χ4v) is 2.12. The lowest BCUT2D eigenvalue weighted by atomic mass is 10.1. The fraction of sp³-hybridized carbons (Fsp3) is 0.647. The van der Waals surface area contributed by atoms with Gasteiger partial charge in [0, 0.05) is 18.3 Å². The van der Waals surface area contributed by atoms with Gasteiger partial charge in [-0.25, -0.2) is 0 Å². The monoisotopic (exact) mass is 279 g/mol. The molecule has 0 radical (unpaired) electrons. The lowest BCUT2D eigenvalue weighted by Gasteiger charge is -2.13. The van der Waals surface area contributed by atoms with E-state index in [-0.39, 0.29) is 0 Å². The summed E-state index contributed by atoms with van der Waals surface area (Å²) in [5.41, 5.74) is 1.10. The molecule has 0 saturated heterocycles. The van der Waals surface area contributed by atoms with E-state index in [9.17, 15) is 0 Å². The van der Waals surface area contributed by atoms with Crippen LogP contribution in [-0.4, -0.2) is 19.8 Å². The maximum absolute atomic E-state index is 5.62. The first-order valence-corrected chi connectivity index (χ1v) is 7.95. The van der Waals surface area contributed by atoms with Crippen LogP contribution in [0.4, 0.5) is 5.69 Å². The number of hydrogen-bond acceptors (Lipinski definition) is 3. The molecule has 0 atom stereocenters. The van der Waals surface area contributed by atoms with Gasteiger partial charge in [0.25, 0.3) is 0 Å². The van der Waals surface area contributed by atoms with Crippen molar-refractivity contribution in [2.45, 2.75) is 52.9 Å². The van der Waals surface area contributed by atoms with Gasteiger partial charge < -0.3 is 14.8 Å². The van der Waals surface area contributed by atoms with Crippen LogP contribution in [0.25, 0.3) is 0 Å². The van der Waals surface area contributed by atoms with Crippen molar-refractivity contribution in [1.29, 1.82) is 0 Å². The zero-order valence-electron chi connectivity index (χ0n) is 13.2. The van der Waals surface area contributed by atoms with Gasteiger partial charge in [0.2, 0.25) is 0 Å². The van der Waals surface area contributed by atoms with Crippen LogP contribution < -0.4 is 14.8 Å². The standard InChI is InChI=1S/C17H29NO2/c1-4-7-8-9-10-13-18-15-11-12-16(19-5-2)17(14-15)20-6-3/h11-12,14,18H,4-10,13H2,1-3H3. The topological polar surface area (TPSA) is 30.5 Å². The van der Waals surface area contributed by atoms with Gasteiger partial charge in [-0.1, -0.05) is 32.6 Å². The van der Waals surface area contributed by atoms with E-state index in [0.29, 0.717) is 13.2 Å². The molecule has 114 valence electrons. The Morgan fingerprint density at radius 1 is 0.850 bits per heavy atom. The molecule has 0 aliphatic heterocycles. The molecule has 0 amide bonds. The molecule has 0 aromatic heterocycles. The normalized spacial score (nSPS) is 10.3. The molecule has 0 aliphatic rings. The maximum Gasteiger partial charge on any atom is 0.163 e. The van der Waals surface area contributed by atoms with Crippen molar-refractivity contribution in [3.8, 4) is 11.5 Å². The molecule has 0 bridgehead atoms. The zero-order chi connectivity index (χ0) is 14.6. The molecule has 1 aromatic carbocycles. The number of hydrogen-bond donors (Lipinski definition) is 1. The summed E-state index contributed by atoms with van der Waals surface area (Å²) >= 11 is 0. The molecule has 0 heterocycles. The average molecular weight is 279 g/mol. The first kappa shape index (κ1) is 16.7. The predicted molar refractivity (Wildman–Crippen MR) is 86.0 cm³/mol. The Balaban J connectivity index is 2.43. The summed E-state index contributed by atoms with van der Waals surface area (Å²) in [6, 6.07) is 6.06. The Kier molecular flexibility index (Phi) is 8.68. The summed E-state index contributed by atoms with van der Waals surface area (Å²) in [5, 5.41) is 3.45. The van der Waals surface area contributed by atoms with Gasteiger partial charge in [-0.05, 0) is 32.4 Å². The van der Waals surface area contributed by atoms with Crippen molar-refractivity contribution in [2.75, 3.05) is 25.1 Å². The molecule has 3 heteroatoms. The van der Waals surface area contributed by atoms with Gasteiger partial charge in [0.05, 0.1) is 13.2 Å². The van der Waals surface area contributed by atoms with Crippen LogP contribution in [0.1, 0.15) is 52.9 Å².